The van der Waals surface area contributed by atoms with E-state index in [0.29, 0.717) is 11.8 Å². The molecule has 4 heteroatoms. The highest BCUT2D eigenvalue weighted by atomic mass is 32.1. The van der Waals surface area contributed by atoms with Gasteiger partial charge in [-0.15, -0.1) is 11.3 Å². The Balaban J connectivity index is 1.53. The van der Waals surface area contributed by atoms with Crippen molar-refractivity contribution in [3.63, 3.8) is 0 Å². The molecular weight excluding hydrogens is 292 g/mol. The van der Waals surface area contributed by atoms with E-state index in [9.17, 15) is 4.79 Å². The van der Waals surface area contributed by atoms with Gasteiger partial charge in [0.1, 0.15) is 5.01 Å². The lowest BCUT2D eigenvalue weighted by atomic mass is 10.0. The van der Waals surface area contributed by atoms with E-state index in [0.717, 1.165) is 36.3 Å². The summed E-state index contributed by atoms with van der Waals surface area (Å²) in [6.45, 7) is 0.909. The van der Waals surface area contributed by atoms with Crippen molar-refractivity contribution < 1.29 is 4.79 Å². The van der Waals surface area contributed by atoms with Crippen LogP contribution in [0.5, 0.6) is 0 Å². The number of likely N-dealkylation sites (tertiary alicyclic amines) is 1. The first kappa shape index (κ1) is 14.2. The van der Waals surface area contributed by atoms with E-state index >= 15 is 0 Å². The van der Waals surface area contributed by atoms with Crippen LogP contribution in [0.25, 0.3) is 10.2 Å². The molecule has 4 rings (SSSR count). The van der Waals surface area contributed by atoms with Crippen molar-refractivity contribution in [1.29, 1.82) is 0 Å². The average Bonchev–Trinajstić information content (AvgIpc) is 3.26. The molecule has 1 aliphatic carbocycles. The predicted octanol–water partition coefficient (Wildman–Crippen LogP) is 4.54. The van der Waals surface area contributed by atoms with Crippen LogP contribution in [0.4, 0.5) is 0 Å². The Morgan fingerprint density at radius 3 is 2.82 bits per heavy atom. The monoisotopic (exact) mass is 314 g/mol. The van der Waals surface area contributed by atoms with Crippen LogP contribution in [0.2, 0.25) is 0 Å². The summed E-state index contributed by atoms with van der Waals surface area (Å²) >= 11 is 1.75. The van der Waals surface area contributed by atoms with Crippen LogP contribution in [0.3, 0.4) is 0 Å². The van der Waals surface area contributed by atoms with Crippen LogP contribution in [0.1, 0.15) is 56.0 Å². The summed E-state index contributed by atoms with van der Waals surface area (Å²) in [4.78, 5) is 19.6. The van der Waals surface area contributed by atoms with Crippen LogP contribution >= 0.6 is 11.3 Å². The summed E-state index contributed by atoms with van der Waals surface area (Å²) in [5.41, 5.74) is 1.07. The molecule has 1 aromatic carbocycles. The number of para-hydroxylation sites is 1. The Labute approximate surface area is 135 Å². The zero-order valence-corrected chi connectivity index (χ0v) is 13.6. The van der Waals surface area contributed by atoms with Gasteiger partial charge in [0.25, 0.3) is 0 Å². The van der Waals surface area contributed by atoms with Gasteiger partial charge in [0.15, 0.2) is 0 Å². The van der Waals surface area contributed by atoms with Crippen molar-refractivity contribution in [2.24, 2.45) is 5.92 Å². The molecular formula is C18H22N2OS. The third-order valence-electron chi connectivity index (χ3n) is 5.11. The van der Waals surface area contributed by atoms with E-state index in [2.05, 4.69) is 23.1 Å². The predicted molar refractivity (Wildman–Crippen MR) is 89.9 cm³/mol. The topological polar surface area (TPSA) is 33.2 Å². The Morgan fingerprint density at radius 2 is 2.00 bits per heavy atom. The third kappa shape index (κ3) is 2.65. The molecule has 2 heterocycles. The molecule has 1 atom stereocenters. The lowest BCUT2D eigenvalue weighted by Gasteiger charge is -2.24. The lowest BCUT2D eigenvalue weighted by molar-refractivity contribution is -0.133. The van der Waals surface area contributed by atoms with Crippen molar-refractivity contribution >= 4 is 27.5 Å². The maximum absolute atomic E-state index is 12.7. The maximum atomic E-state index is 12.7. The van der Waals surface area contributed by atoms with Gasteiger partial charge >= 0.3 is 0 Å². The summed E-state index contributed by atoms with van der Waals surface area (Å²) < 4.78 is 1.23. The first-order chi connectivity index (χ1) is 10.8. The molecule has 0 radical (unpaired) electrons. The fourth-order valence-electron chi connectivity index (χ4n) is 3.93. The van der Waals surface area contributed by atoms with Crippen molar-refractivity contribution in [1.82, 2.24) is 9.88 Å². The standard InChI is InChI=1S/C18H22N2OS/c21-17(12-13-6-1-2-7-13)20-11-5-9-15(20)18-19-14-8-3-4-10-16(14)22-18/h3-4,8,10,13,15H,1-2,5-7,9,11-12H2. The number of hydrogen-bond donors (Lipinski definition) is 0. The molecule has 2 aromatic rings. The number of carbonyl (C=O) groups excluding carboxylic acids is 1. The number of benzene rings is 1. The van der Waals surface area contributed by atoms with Crippen LogP contribution < -0.4 is 0 Å². The van der Waals surface area contributed by atoms with Crippen LogP contribution in [0.15, 0.2) is 24.3 Å². The van der Waals surface area contributed by atoms with Gasteiger partial charge < -0.3 is 4.90 Å². The first-order valence-corrected chi connectivity index (χ1v) is 9.28. The second-order valence-corrected chi connectivity index (χ2v) is 7.68. The molecule has 116 valence electrons. The largest absolute Gasteiger partial charge is 0.333 e. The number of amides is 1. The Morgan fingerprint density at radius 1 is 1.18 bits per heavy atom. The minimum absolute atomic E-state index is 0.214. The normalized spacial score (nSPS) is 22.7. The number of thiazole rings is 1. The fraction of sp³-hybridized carbons (Fsp3) is 0.556. The minimum atomic E-state index is 0.214. The number of hydrogen-bond acceptors (Lipinski definition) is 3. The molecule has 1 aromatic heterocycles. The van der Waals surface area contributed by atoms with Gasteiger partial charge in [0.2, 0.25) is 5.91 Å². The number of fused-ring (bicyclic) bond motifs is 1. The van der Waals surface area contributed by atoms with Gasteiger partial charge in [0.05, 0.1) is 16.3 Å². The zero-order chi connectivity index (χ0) is 14.9. The Bertz CT molecular complexity index is 642. The Kier molecular flexibility index (Phi) is 3.87. The zero-order valence-electron chi connectivity index (χ0n) is 12.8. The van der Waals surface area contributed by atoms with Crippen LogP contribution in [-0.2, 0) is 4.79 Å². The van der Waals surface area contributed by atoms with E-state index in [1.54, 1.807) is 11.3 Å². The second-order valence-electron chi connectivity index (χ2n) is 6.62. The molecule has 3 nitrogen and oxygen atoms in total. The summed E-state index contributed by atoms with van der Waals surface area (Å²) in [6.07, 6.45) is 8.02. The minimum Gasteiger partial charge on any atom is -0.333 e. The second kappa shape index (κ2) is 5.99. The first-order valence-electron chi connectivity index (χ1n) is 8.46. The number of nitrogens with zero attached hydrogens (tertiary/aromatic N) is 2. The average molecular weight is 314 g/mol. The summed E-state index contributed by atoms with van der Waals surface area (Å²) in [6, 6.07) is 8.49. The van der Waals surface area contributed by atoms with E-state index in [-0.39, 0.29) is 6.04 Å². The molecule has 0 N–H and O–H groups in total. The maximum Gasteiger partial charge on any atom is 0.223 e. The molecule has 22 heavy (non-hydrogen) atoms. The lowest BCUT2D eigenvalue weighted by Crippen LogP contribution is -2.31. The fourth-order valence-corrected chi connectivity index (χ4v) is 5.05. The van der Waals surface area contributed by atoms with E-state index in [4.69, 9.17) is 4.98 Å². The van der Waals surface area contributed by atoms with Gasteiger partial charge in [-0.05, 0) is 43.7 Å². The number of carbonyl (C=O) groups is 1. The van der Waals surface area contributed by atoms with Gasteiger partial charge in [-0.2, -0.15) is 0 Å². The van der Waals surface area contributed by atoms with Crippen LogP contribution in [-0.4, -0.2) is 22.3 Å². The summed E-state index contributed by atoms with van der Waals surface area (Å²) in [5.74, 6) is 0.984. The molecule has 1 aliphatic heterocycles. The van der Waals surface area contributed by atoms with Crippen LogP contribution in [0, 0.1) is 5.92 Å². The highest BCUT2D eigenvalue weighted by molar-refractivity contribution is 7.18. The number of aromatic nitrogens is 1. The highest BCUT2D eigenvalue weighted by Crippen LogP contribution is 2.38. The quantitative estimate of drug-likeness (QED) is 0.833. The molecule has 2 aliphatic rings. The molecule has 0 spiro atoms. The van der Waals surface area contributed by atoms with Gasteiger partial charge in [0, 0.05) is 13.0 Å². The molecule has 1 saturated heterocycles. The SMILES string of the molecule is O=C(CC1CCCC1)N1CCCC1c1nc2ccccc2s1. The smallest absolute Gasteiger partial charge is 0.223 e. The molecule has 0 bridgehead atoms. The van der Waals surface area contributed by atoms with E-state index in [1.165, 1.54) is 30.4 Å². The van der Waals surface area contributed by atoms with Crippen molar-refractivity contribution in [2.75, 3.05) is 6.54 Å². The Hall–Kier alpha value is -1.42. The number of rotatable bonds is 3. The summed E-state index contributed by atoms with van der Waals surface area (Å²) in [5, 5.41) is 1.12. The van der Waals surface area contributed by atoms with Gasteiger partial charge in [-0.3, -0.25) is 4.79 Å². The molecule has 1 unspecified atom stereocenters. The molecule has 2 fully saturated rings. The molecule has 1 amide bonds. The van der Waals surface area contributed by atoms with E-state index < -0.39 is 0 Å². The van der Waals surface area contributed by atoms with E-state index in [1.807, 2.05) is 6.07 Å². The van der Waals surface area contributed by atoms with Gasteiger partial charge in [-0.25, -0.2) is 4.98 Å². The van der Waals surface area contributed by atoms with Crippen molar-refractivity contribution in [2.45, 2.75) is 51.0 Å². The van der Waals surface area contributed by atoms with Crippen molar-refractivity contribution in [3.8, 4) is 0 Å². The van der Waals surface area contributed by atoms with Crippen molar-refractivity contribution in [3.05, 3.63) is 29.3 Å². The molecule has 1 saturated carbocycles. The van der Waals surface area contributed by atoms with Gasteiger partial charge in [-0.1, -0.05) is 25.0 Å². The summed E-state index contributed by atoms with van der Waals surface area (Å²) in [7, 11) is 0. The third-order valence-corrected chi connectivity index (χ3v) is 6.24. The highest BCUT2D eigenvalue weighted by Gasteiger charge is 2.33.